The molecule has 18 heavy (non-hydrogen) atoms. The summed E-state index contributed by atoms with van der Waals surface area (Å²) >= 11 is 0. The number of rotatable bonds is 6. The maximum Gasteiger partial charge on any atom is 0.134 e. The summed E-state index contributed by atoms with van der Waals surface area (Å²) in [5, 5.41) is 14.4. The van der Waals surface area contributed by atoms with Crippen LogP contribution in [0.25, 0.3) is 0 Å². The van der Waals surface area contributed by atoms with E-state index in [0.717, 1.165) is 36.7 Å². The van der Waals surface area contributed by atoms with Crippen molar-refractivity contribution >= 4 is 11.4 Å². The summed E-state index contributed by atoms with van der Waals surface area (Å²) in [6.07, 6.45) is 6.18. The fourth-order valence-corrected chi connectivity index (χ4v) is 1.69. The van der Waals surface area contributed by atoms with Crippen LogP contribution in [-0.4, -0.2) is 32.8 Å². The third-order valence-electron chi connectivity index (χ3n) is 2.60. The van der Waals surface area contributed by atoms with Crippen molar-refractivity contribution in [2.24, 2.45) is 7.05 Å². The van der Waals surface area contributed by atoms with Gasteiger partial charge in [0.05, 0.1) is 23.8 Å². The van der Waals surface area contributed by atoms with Gasteiger partial charge in [-0.05, 0) is 13.0 Å². The molecule has 0 saturated heterocycles. The summed E-state index contributed by atoms with van der Waals surface area (Å²) in [4.78, 5) is 4.18. The van der Waals surface area contributed by atoms with Crippen LogP contribution >= 0.6 is 0 Å². The molecule has 2 heterocycles. The molecule has 2 aromatic rings. The van der Waals surface area contributed by atoms with Crippen LogP contribution in [0.3, 0.4) is 0 Å². The number of pyridine rings is 1. The molecule has 0 radical (unpaired) electrons. The van der Waals surface area contributed by atoms with Crippen molar-refractivity contribution < 1.29 is 0 Å². The van der Waals surface area contributed by atoms with Crippen molar-refractivity contribution in [3.8, 4) is 0 Å². The molecule has 0 saturated carbocycles. The van der Waals surface area contributed by atoms with E-state index in [2.05, 4.69) is 32.7 Å². The molecule has 6 nitrogen and oxygen atoms in total. The number of hydrogen-bond donors (Lipinski definition) is 2. The van der Waals surface area contributed by atoms with Gasteiger partial charge < -0.3 is 15.2 Å². The molecule has 0 aliphatic carbocycles. The molecule has 0 atom stereocenters. The summed E-state index contributed by atoms with van der Waals surface area (Å²) in [5.74, 6) is 0.971. The molecular formula is C12H18N6. The number of hydrogen-bond acceptors (Lipinski definition) is 5. The average molecular weight is 246 g/mol. The lowest BCUT2D eigenvalue weighted by Gasteiger charge is -2.08. The topological polar surface area (TPSA) is 67.7 Å². The normalized spacial score (nSPS) is 10.3. The third-order valence-corrected chi connectivity index (χ3v) is 2.60. The largest absolute Gasteiger partial charge is 0.384 e. The van der Waals surface area contributed by atoms with Crippen LogP contribution in [0.5, 0.6) is 0 Å². The first-order valence-corrected chi connectivity index (χ1v) is 6.05. The van der Waals surface area contributed by atoms with Crippen LogP contribution in [0, 0.1) is 0 Å². The van der Waals surface area contributed by atoms with Crippen LogP contribution in [0.4, 0.5) is 11.4 Å². The maximum absolute atomic E-state index is 4.18. The zero-order valence-electron chi connectivity index (χ0n) is 10.7. The van der Waals surface area contributed by atoms with Gasteiger partial charge in [0, 0.05) is 26.6 Å². The van der Waals surface area contributed by atoms with Gasteiger partial charge in [0.25, 0.3) is 0 Å². The molecule has 2 rings (SSSR count). The zero-order valence-corrected chi connectivity index (χ0v) is 10.7. The van der Waals surface area contributed by atoms with Gasteiger partial charge in [-0.2, -0.15) is 0 Å². The highest BCUT2D eigenvalue weighted by Crippen LogP contribution is 2.12. The van der Waals surface area contributed by atoms with Gasteiger partial charge in [0.2, 0.25) is 0 Å². The lowest BCUT2D eigenvalue weighted by atomic mass is 10.3. The van der Waals surface area contributed by atoms with Crippen LogP contribution in [0.15, 0.2) is 24.8 Å². The van der Waals surface area contributed by atoms with Gasteiger partial charge in [0.15, 0.2) is 0 Å². The molecule has 0 aliphatic rings. The molecule has 2 N–H and O–H groups in total. The fourth-order valence-electron chi connectivity index (χ4n) is 1.69. The van der Waals surface area contributed by atoms with Gasteiger partial charge in [-0.1, -0.05) is 0 Å². The Labute approximate surface area is 106 Å². The minimum atomic E-state index is 0.809. The first kappa shape index (κ1) is 12.3. The van der Waals surface area contributed by atoms with E-state index in [9.17, 15) is 0 Å². The molecule has 0 aromatic carbocycles. The Balaban J connectivity index is 1.86. The van der Waals surface area contributed by atoms with Crippen molar-refractivity contribution in [2.45, 2.75) is 13.3 Å². The molecule has 0 fully saturated rings. The minimum absolute atomic E-state index is 0.809. The molecule has 0 spiro atoms. The molecule has 6 heteroatoms. The lowest BCUT2D eigenvalue weighted by Crippen LogP contribution is -2.09. The van der Waals surface area contributed by atoms with E-state index in [1.165, 1.54) is 0 Å². The second-order valence-corrected chi connectivity index (χ2v) is 4.03. The number of nitrogens with zero attached hydrogens (tertiary/aromatic N) is 4. The molecule has 2 aromatic heterocycles. The van der Waals surface area contributed by atoms with E-state index in [0.29, 0.717) is 0 Å². The minimum Gasteiger partial charge on any atom is -0.384 e. The molecule has 0 bridgehead atoms. The van der Waals surface area contributed by atoms with Gasteiger partial charge in [-0.15, -0.1) is 10.2 Å². The number of anilines is 2. The van der Waals surface area contributed by atoms with E-state index in [4.69, 9.17) is 0 Å². The average Bonchev–Trinajstić information content (AvgIpc) is 2.76. The van der Waals surface area contributed by atoms with Crippen molar-refractivity contribution in [2.75, 3.05) is 23.7 Å². The van der Waals surface area contributed by atoms with Gasteiger partial charge in [0.1, 0.15) is 12.2 Å². The van der Waals surface area contributed by atoms with E-state index in [-0.39, 0.29) is 0 Å². The number of aryl methyl sites for hydroxylation is 1. The van der Waals surface area contributed by atoms with Crippen LogP contribution in [-0.2, 0) is 13.5 Å². The van der Waals surface area contributed by atoms with Crippen LogP contribution in [0.1, 0.15) is 12.7 Å². The first-order chi connectivity index (χ1) is 8.79. The fraction of sp³-hybridized carbons (Fsp3) is 0.417. The summed E-state index contributed by atoms with van der Waals surface area (Å²) in [5.41, 5.74) is 2.04. The highest BCUT2D eigenvalue weighted by Gasteiger charge is 2.00. The SMILES string of the molecule is CCNc1cncc(NCCc2nncn2C)c1. The quantitative estimate of drug-likeness (QED) is 0.804. The van der Waals surface area contributed by atoms with E-state index < -0.39 is 0 Å². The van der Waals surface area contributed by atoms with Gasteiger partial charge in [-0.25, -0.2) is 0 Å². The predicted molar refractivity (Wildman–Crippen MR) is 71.6 cm³/mol. The Bertz CT molecular complexity index is 493. The summed E-state index contributed by atoms with van der Waals surface area (Å²) in [6.45, 7) is 3.77. The standard InChI is InChI=1S/C12H18N6/c1-3-14-10-6-11(8-13-7-10)15-5-4-12-17-16-9-18(12)2/h6-9,14-15H,3-5H2,1-2H3. The Morgan fingerprint density at radius 1 is 1.22 bits per heavy atom. The molecule has 0 amide bonds. The van der Waals surface area contributed by atoms with Gasteiger partial charge in [-0.3, -0.25) is 4.98 Å². The molecule has 0 aliphatic heterocycles. The second kappa shape index (κ2) is 6.00. The summed E-state index contributed by atoms with van der Waals surface area (Å²) < 4.78 is 1.93. The Morgan fingerprint density at radius 3 is 2.67 bits per heavy atom. The molecule has 96 valence electrons. The first-order valence-electron chi connectivity index (χ1n) is 6.05. The van der Waals surface area contributed by atoms with Gasteiger partial charge >= 0.3 is 0 Å². The van der Waals surface area contributed by atoms with Crippen molar-refractivity contribution in [3.63, 3.8) is 0 Å². The highest BCUT2D eigenvalue weighted by atomic mass is 15.2. The molecular weight excluding hydrogens is 228 g/mol. The third kappa shape index (κ3) is 3.19. The number of aromatic nitrogens is 4. The van der Waals surface area contributed by atoms with Crippen molar-refractivity contribution in [1.82, 2.24) is 19.7 Å². The van der Waals surface area contributed by atoms with E-state index >= 15 is 0 Å². The summed E-state index contributed by atoms with van der Waals surface area (Å²) in [7, 11) is 1.95. The Hall–Kier alpha value is -2.11. The summed E-state index contributed by atoms with van der Waals surface area (Å²) in [6, 6.07) is 2.05. The Kier molecular flexibility index (Phi) is 4.11. The number of nitrogens with one attached hydrogen (secondary N) is 2. The maximum atomic E-state index is 4.18. The van der Waals surface area contributed by atoms with E-state index in [1.807, 2.05) is 30.1 Å². The highest BCUT2D eigenvalue weighted by molar-refractivity contribution is 5.53. The van der Waals surface area contributed by atoms with Crippen LogP contribution in [0.2, 0.25) is 0 Å². The van der Waals surface area contributed by atoms with Crippen molar-refractivity contribution in [1.29, 1.82) is 0 Å². The van der Waals surface area contributed by atoms with Crippen molar-refractivity contribution in [3.05, 3.63) is 30.6 Å². The lowest BCUT2D eigenvalue weighted by molar-refractivity contribution is 0.788. The van der Waals surface area contributed by atoms with E-state index in [1.54, 1.807) is 6.33 Å². The molecule has 0 unspecified atom stereocenters. The second-order valence-electron chi connectivity index (χ2n) is 4.03. The smallest absolute Gasteiger partial charge is 0.134 e. The zero-order chi connectivity index (χ0) is 12.8. The monoisotopic (exact) mass is 246 g/mol. The van der Waals surface area contributed by atoms with Crippen LogP contribution < -0.4 is 10.6 Å². The Morgan fingerprint density at radius 2 is 2.00 bits per heavy atom. The predicted octanol–water partition coefficient (Wildman–Crippen LogP) is 1.30.